The van der Waals surface area contributed by atoms with Crippen LogP contribution in [0.5, 0.6) is 5.75 Å². The standard InChI is InChI=1S/C14H15Cl3N2O/c1-3-11-14(17)12(19(2)18-11)8-20-13-5-4-10(16)6-9(13)7-15/h4-6H,3,7-8H2,1-2H3. The van der Waals surface area contributed by atoms with Crippen molar-refractivity contribution < 1.29 is 4.74 Å². The molecular weight excluding hydrogens is 319 g/mol. The van der Waals surface area contributed by atoms with E-state index in [1.165, 1.54) is 0 Å². The molecule has 3 nitrogen and oxygen atoms in total. The van der Waals surface area contributed by atoms with Gasteiger partial charge in [-0.1, -0.05) is 30.1 Å². The van der Waals surface area contributed by atoms with Gasteiger partial charge in [-0.3, -0.25) is 4.68 Å². The lowest BCUT2D eigenvalue weighted by Crippen LogP contribution is -2.04. The average Bonchev–Trinajstić information content (AvgIpc) is 2.72. The highest BCUT2D eigenvalue weighted by atomic mass is 35.5. The number of aromatic nitrogens is 2. The first kappa shape index (κ1) is 15.5. The van der Waals surface area contributed by atoms with Crippen molar-refractivity contribution in [2.45, 2.75) is 25.8 Å². The van der Waals surface area contributed by atoms with Crippen LogP contribution in [0.15, 0.2) is 18.2 Å². The Balaban J connectivity index is 2.19. The Kier molecular flexibility index (Phi) is 5.19. The summed E-state index contributed by atoms with van der Waals surface area (Å²) in [7, 11) is 1.86. The zero-order valence-electron chi connectivity index (χ0n) is 11.3. The molecule has 2 rings (SSSR count). The number of halogens is 3. The first-order chi connectivity index (χ1) is 9.56. The monoisotopic (exact) mass is 332 g/mol. The van der Waals surface area contributed by atoms with Crippen molar-refractivity contribution in [3.05, 3.63) is 45.2 Å². The third kappa shape index (κ3) is 3.22. The third-order valence-corrected chi connectivity index (χ3v) is 3.99. The molecule has 1 aromatic carbocycles. The maximum absolute atomic E-state index is 6.28. The average molecular weight is 334 g/mol. The van der Waals surface area contributed by atoms with E-state index < -0.39 is 0 Å². The summed E-state index contributed by atoms with van der Waals surface area (Å²) in [5.74, 6) is 1.05. The molecule has 1 heterocycles. The van der Waals surface area contributed by atoms with Gasteiger partial charge in [-0.15, -0.1) is 11.6 Å². The highest BCUT2D eigenvalue weighted by Crippen LogP contribution is 2.27. The van der Waals surface area contributed by atoms with Gasteiger partial charge >= 0.3 is 0 Å². The van der Waals surface area contributed by atoms with Gasteiger partial charge in [0.2, 0.25) is 0 Å². The van der Waals surface area contributed by atoms with Gasteiger partial charge in [-0.2, -0.15) is 5.10 Å². The Labute approximate surface area is 133 Å². The largest absolute Gasteiger partial charge is 0.487 e. The van der Waals surface area contributed by atoms with E-state index >= 15 is 0 Å². The van der Waals surface area contributed by atoms with Crippen molar-refractivity contribution >= 4 is 34.8 Å². The van der Waals surface area contributed by atoms with Gasteiger partial charge in [0.1, 0.15) is 12.4 Å². The third-order valence-electron chi connectivity index (χ3n) is 3.03. The molecule has 0 amide bonds. The van der Waals surface area contributed by atoms with E-state index in [9.17, 15) is 0 Å². The topological polar surface area (TPSA) is 27.1 Å². The Morgan fingerprint density at radius 1 is 1.30 bits per heavy atom. The van der Waals surface area contributed by atoms with E-state index in [4.69, 9.17) is 39.5 Å². The van der Waals surface area contributed by atoms with Crippen molar-refractivity contribution in [3.8, 4) is 5.75 Å². The van der Waals surface area contributed by atoms with Gasteiger partial charge in [0.15, 0.2) is 0 Å². The number of hydrogen-bond donors (Lipinski definition) is 0. The second-order valence-electron chi connectivity index (χ2n) is 4.36. The lowest BCUT2D eigenvalue weighted by Gasteiger charge is -2.10. The van der Waals surface area contributed by atoms with Gasteiger partial charge in [-0.05, 0) is 24.6 Å². The Morgan fingerprint density at radius 3 is 2.65 bits per heavy atom. The molecule has 108 valence electrons. The van der Waals surface area contributed by atoms with Crippen LogP contribution in [0.25, 0.3) is 0 Å². The molecule has 0 aliphatic carbocycles. The molecule has 0 aliphatic heterocycles. The van der Waals surface area contributed by atoms with E-state index in [2.05, 4.69) is 5.10 Å². The van der Waals surface area contributed by atoms with E-state index in [0.717, 1.165) is 23.4 Å². The zero-order chi connectivity index (χ0) is 14.7. The van der Waals surface area contributed by atoms with Gasteiger partial charge in [0, 0.05) is 17.6 Å². The van der Waals surface area contributed by atoms with Crippen molar-refractivity contribution in [1.29, 1.82) is 0 Å². The van der Waals surface area contributed by atoms with E-state index in [1.54, 1.807) is 16.8 Å². The fourth-order valence-electron chi connectivity index (χ4n) is 1.92. The molecule has 0 spiro atoms. The van der Waals surface area contributed by atoms with Crippen LogP contribution < -0.4 is 4.74 Å². The molecule has 0 fully saturated rings. The normalized spacial score (nSPS) is 10.8. The minimum atomic E-state index is 0.341. The van der Waals surface area contributed by atoms with Crippen molar-refractivity contribution in [2.75, 3.05) is 0 Å². The highest BCUT2D eigenvalue weighted by molar-refractivity contribution is 6.32. The van der Waals surface area contributed by atoms with Crippen LogP contribution in [0.1, 0.15) is 23.9 Å². The zero-order valence-corrected chi connectivity index (χ0v) is 13.6. The van der Waals surface area contributed by atoms with Crippen molar-refractivity contribution in [3.63, 3.8) is 0 Å². The molecule has 6 heteroatoms. The smallest absolute Gasteiger partial charge is 0.131 e. The lowest BCUT2D eigenvalue weighted by molar-refractivity contribution is 0.293. The van der Waals surface area contributed by atoms with E-state index in [0.29, 0.717) is 28.3 Å². The summed E-state index contributed by atoms with van der Waals surface area (Å²) < 4.78 is 7.55. The van der Waals surface area contributed by atoms with Crippen LogP contribution in [-0.4, -0.2) is 9.78 Å². The summed E-state index contributed by atoms with van der Waals surface area (Å²) in [6.45, 7) is 2.36. The van der Waals surface area contributed by atoms with Gasteiger partial charge in [-0.25, -0.2) is 0 Å². The quantitative estimate of drug-likeness (QED) is 0.747. The van der Waals surface area contributed by atoms with Crippen molar-refractivity contribution in [1.82, 2.24) is 9.78 Å². The molecule has 20 heavy (non-hydrogen) atoms. The molecule has 0 N–H and O–H groups in total. The van der Waals surface area contributed by atoms with Crippen LogP contribution in [0, 0.1) is 0 Å². The summed E-state index contributed by atoms with van der Waals surface area (Å²) >= 11 is 18.1. The minimum absolute atomic E-state index is 0.341. The number of aryl methyl sites for hydroxylation is 2. The number of ether oxygens (including phenoxy) is 1. The Hall–Kier alpha value is -0.900. The second-order valence-corrected chi connectivity index (χ2v) is 5.44. The first-order valence-electron chi connectivity index (χ1n) is 6.24. The summed E-state index contributed by atoms with van der Waals surface area (Å²) in [6, 6.07) is 5.38. The molecule has 0 atom stereocenters. The van der Waals surface area contributed by atoms with Crippen LogP contribution >= 0.6 is 34.8 Å². The van der Waals surface area contributed by atoms with Crippen molar-refractivity contribution in [2.24, 2.45) is 7.05 Å². The minimum Gasteiger partial charge on any atom is -0.487 e. The molecule has 0 aliphatic rings. The lowest BCUT2D eigenvalue weighted by atomic mass is 10.2. The number of rotatable bonds is 5. The molecule has 2 aromatic rings. The fraction of sp³-hybridized carbons (Fsp3) is 0.357. The Morgan fingerprint density at radius 2 is 2.05 bits per heavy atom. The first-order valence-corrected chi connectivity index (χ1v) is 7.53. The maximum Gasteiger partial charge on any atom is 0.131 e. The Bertz CT molecular complexity index is 611. The number of nitrogens with zero attached hydrogens (tertiary/aromatic N) is 2. The number of benzene rings is 1. The molecular formula is C14H15Cl3N2O. The van der Waals surface area contributed by atoms with Crippen LogP contribution in [0.2, 0.25) is 10.0 Å². The summed E-state index contributed by atoms with van der Waals surface area (Å²) in [4.78, 5) is 0. The molecule has 0 saturated carbocycles. The summed E-state index contributed by atoms with van der Waals surface area (Å²) in [6.07, 6.45) is 0.792. The number of hydrogen-bond acceptors (Lipinski definition) is 2. The summed E-state index contributed by atoms with van der Waals surface area (Å²) in [5.41, 5.74) is 2.58. The fourth-order valence-corrected chi connectivity index (χ4v) is 2.67. The van der Waals surface area contributed by atoms with Crippen LogP contribution in [-0.2, 0) is 26.0 Å². The SMILES string of the molecule is CCc1nn(C)c(COc2ccc(Cl)cc2CCl)c1Cl. The van der Waals surface area contributed by atoms with Crippen LogP contribution in [0.4, 0.5) is 0 Å². The molecule has 0 unspecified atom stereocenters. The molecule has 1 aromatic heterocycles. The molecule has 0 radical (unpaired) electrons. The predicted octanol–water partition coefficient (Wildman–Crippen LogP) is 4.61. The second kappa shape index (κ2) is 6.70. The highest BCUT2D eigenvalue weighted by Gasteiger charge is 2.14. The predicted molar refractivity (Wildman–Crippen MR) is 82.9 cm³/mol. The van der Waals surface area contributed by atoms with Gasteiger partial charge in [0.05, 0.1) is 22.3 Å². The van der Waals surface area contributed by atoms with E-state index in [1.807, 2.05) is 20.0 Å². The van der Waals surface area contributed by atoms with Crippen LogP contribution in [0.3, 0.4) is 0 Å². The molecule has 0 saturated heterocycles. The number of alkyl halides is 1. The summed E-state index contributed by atoms with van der Waals surface area (Å²) in [5, 5.41) is 5.66. The maximum atomic E-state index is 6.28. The van der Waals surface area contributed by atoms with E-state index in [-0.39, 0.29) is 0 Å². The van der Waals surface area contributed by atoms with Gasteiger partial charge < -0.3 is 4.74 Å². The van der Waals surface area contributed by atoms with Gasteiger partial charge in [0.25, 0.3) is 0 Å². The molecule has 0 bridgehead atoms.